The Labute approximate surface area is 148 Å². The summed E-state index contributed by atoms with van der Waals surface area (Å²) in [6.45, 7) is 4.08. The molecule has 0 saturated heterocycles. The second-order valence-electron chi connectivity index (χ2n) is 6.01. The van der Waals surface area contributed by atoms with Crippen molar-refractivity contribution < 1.29 is 23.9 Å². The Morgan fingerprint density at radius 3 is 2.24 bits per heavy atom. The van der Waals surface area contributed by atoms with E-state index < -0.39 is 12.0 Å². The molecule has 0 fully saturated rings. The first-order valence-corrected chi connectivity index (χ1v) is 8.16. The van der Waals surface area contributed by atoms with Crippen LogP contribution in [0.2, 0.25) is 0 Å². The van der Waals surface area contributed by atoms with E-state index >= 15 is 0 Å². The number of carbonyl (C=O) groups excluding carboxylic acids is 3. The molecule has 0 radical (unpaired) electrons. The molecule has 0 aromatic heterocycles. The standard InChI is InChI=1S/C18H26N2O5/c1-12(2)11-15(18(23)25-4)20-16(21)9-10-19-17(22)13-5-7-14(24-3)8-6-13/h5-8,12,15H,9-11H2,1-4H3,(H,19,22)(H,20,21)/t15-/m1/s1. The fraction of sp³-hybridized carbons (Fsp3) is 0.500. The first kappa shape index (κ1) is 20.5. The van der Waals surface area contributed by atoms with E-state index in [2.05, 4.69) is 10.6 Å². The van der Waals surface area contributed by atoms with Gasteiger partial charge < -0.3 is 20.1 Å². The number of nitrogens with one attached hydrogen (secondary N) is 2. The van der Waals surface area contributed by atoms with Crippen molar-refractivity contribution in [2.24, 2.45) is 5.92 Å². The molecule has 2 amide bonds. The Morgan fingerprint density at radius 1 is 1.08 bits per heavy atom. The third-order valence-corrected chi connectivity index (χ3v) is 3.52. The lowest BCUT2D eigenvalue weighted by Crippen LogP contribution is -2.43. The van der Waals surface area contributed by atoms with Crippen molar-refractivity contribution in [2.75, 3.05) is 20.8 Å². The molecule has 1 aromatic carbocycles. The Kier molecular flexibility index (Phi) is 8.46. The Morgan fingerprint density at radius 2 is 1.72 bits per heavy atom. The normalized spacial score (nSPS) is 11.6. The molecule has 0 aliphatic heterocycles. The summed E-state index contributed by atoms with van der Waals surface area (Å²) in [7, 11) is 2.84. The highest BCUT2D eigenvalue weighted by Gasteiger charge is 2.22. The summed E-state index contributed by atoms with van der Waals surface area (Å²) in [5.74, 6) is -0.161. The molecule has 2 N–H and O–H groups in total. The maximum absolute atomic E-state index is 12.0. The van der Waals surface area contributed by atoms with Gasteiger partial charge in [0, 0.05) is 18.5 Å². The lowest BCUT2D eigenvalue weighted by atomic mass is 10.0. The summed E-state index contributed by atoms with van der Waals surface area (Å²) in [5.41, 5.74) is 0.480. The van der Waals surface area contributed by atoms with Crippen LogP contribution in [0.5, 0.6) is 5.75 Å². The van der Waals surface area contributed by atoms with Crippen molar-refractivity contribution >= 4 is 17.8 Å². The number of benzene rings is 1. The lowest BCUT2D eigenvalue weighted by Gasteiger charge is -2.18. The number of methoxy groups -OCH3 is 2. The average Bonchev–Trinajstić information content (AvgIpc) is 2.60. The van der Waals surface area contributed by atoms with Gasteiger partial charge in [0.1, 0.15) is 11.8 Å². The van der Waals surface area contributed by atoms with E-state index in [4.69, 9.17) is 9.47 Å². The van der Waals surface area contributed by atoms with Gasteiger partial charge in [-0.15, -0.1) is 0 Å². The number of hydrogen-bond donors (Lipinski definition) is 2. The molecular formula is C18H26N2O5. The highest BCUT2D eigenvalue weighted by molar-refractivity contribution is 5.94. The van der Waals surface area contributed by atoms with Crippen LogP contribution in [0, 0.1) is 5.92 Å². The van der Waals surface area contributed by atoms with E-state index in [9.17, 15) is 14.4 Å². The van der Waals surface area contributed by atoms with E-state index in [0.29, 0.717) is 17.7 Å². The van der Waals surface area contributed by atoms with Gasteiger partial charge in [-0.3, -0.25) is 9.59 Å². The van der Waals surface area contributed by atoms with Gasteiger partial charge in [0.25, 0.3) is 5.91 Å². The van der Waals surface area contributed by atoms with Crippen molar-refractivity contribution in [3.05, 3.63) is 29.8 Å². The van der Waals surface area contributed by atoms with Gasteiger partial charge in [0.2, 0.25) is 5.91 Å². The van der Waals surface area contributed by atoms with Crippen LogP contribution in [0.4, 0.5) is 0 Å². The Hall–Kier alpha value is -2.57. The summed E-state index contributed by atoms with van der Waals surface area (Å²) in [5, 5.41) is 5.31. The van der Waals surface area contributed by atoms with Gasteiger partial charge in [-0.25, -0.2) is 4.79 Å². The van der Waals surface area contributed by atoms with Crippen LogP contribution in [-0.4, -0.2) is 44.6 Å². The number of carbonyl (C=O) groups is 3. The SMILES string of the molecule is COC(=O)[C@@H](CC(C)C)NC(=O)CCNC(=O)c1ccc(OC)cc1. The second kappa shape index (κ2) is 10.3. The van der Waals surface area contributed by atoms with Crippen molar-refractivity contribution in [3.8, 4) is 5.75 Å². The molecule has 25 heavy (non-hydrogen) atoms. The third-order valence-electron chi connectivity index (χ3n) is 3.52. The van der Waals surface area contributed by atoms with Gasteiger partial charge in [-0.1, -0.05) is 13.8 Å². The van der Waals surface area contributed by atoms with Crippen LogP contribution in [0.25, 0.3) is 0 Å². The van der Waals surface area contributed by atoms with E-state index in [1.807, 2.05) is 13.8 Å². The Balaban J connectivity index is 2.44. The highest BCUT2D eigenvalue weighted by atomic mass is 16.5. The first-order chi connectivity index (χ1) is 11.9. The zero-order valence-electron chi connectivity index (χ0n) is 15.1. The first-order valence-electron chi connectivity index (χ1n) is 8.16. The minimum atomic E-state index is -0.671. The van der Waals surface area contributed by atoms with Gasteiger partial charge >= 0.3 is 5.97 Å². The van der Waals surface area contributed by atoms with Crippen LogP contribution in [-0.2, 0) is 14.3 Å². The summed E-state index contributed by atoms with van der Waals surface area (Å²) in [6.07, 6.45) is 0.574. The summed E-state index contributed by atoms with van der Waals surface area (Å²) in [4.78, 5) is 35.6. The molecule has 0 aliphatic rings. The summed E-state index contributed by atoms with van der Waals surface area (Å²) < 4.78 is 9.73. The zero-order chi connectivity index (χ0) is 18.8. The topological polar surface area (TPSA) is 93.7 Å². The molecule has 0 bridgehead atoms. The van der Waals surface area contributed by atoms with Gasteiger partial charge in [0.15, 0.2) is 0 Å². The average molecular weight is 350 g/mol. The third kappa shape index (κ3) is 7.24. The predicted molar refractivity (Wildman–Crippen MR) is 93.3 cm³/mol. The molecule has 0 aliphatic carbocycles. The molecule has 1 aromatic rings. The number of ether oxygens (including phenoxy) is 2. The molecule has 1 rings (SSSR count). The molecule has 0 saturated carbocycles. The van der Waals surface area contributed by atoms with Gasteiger partial charge in [-0.05, 0) is 36.6 Å². The number of esters is 1. The monoisotopic (exact) mass is 350 g/mol. The molecule has 138 valence electrons. The quantitative estimate of drug-likeness (QED) is 0.659. The molecular weight excluding hydrogens is 324 g/mol. The van der Waals surface area contributed by atoms with Crippen LogP contribution in [0.15, 0.2) is 24.3 Å². The maximum Gasteiger partial charge on any atom is 0.328 e. The van der Waals surface area contributed by atoms with E-state index in [-0.39, 0.29) is 30.7 Å². The van der Waals surface area contributed by atoms with Crippen LogP contribution in [0.3, 0.4) is 0 Å². The zero-order valence-corrected chi connectivity index (χ0v) is 15.1. The minimum absolute atomic E-state index is 0.0769. The summed E-state index contributed by atoms with van der Waals surface area (Å²) in [6, 6.07) is 5.99. The van der Waals surface area contributed by atoms with E-state index in [1.165, 1.54) is 7.11 Å². The number of amides is 2. The Bertz CT molecular complexity index is 584. The molecule has 7 nitrogen and oxygen atoms in total. The molecule has 0 unspecified atom stereocenters. The van der Waals surface area contributed by atoms with Crippen LogP contribution < -0.4 is 15.4 Å². The van der Waals surface area contributed by atoms with E-state index in [0.717, 1.165) is 0 Å². The lowest BCUT2D eigenvalue weighted by molar-refractivity contribution is -0.145. The minimum Gasteiger partial charge on any atom is -0.497 e. The van der Waals surface area contributed by atoms with Crippen LogP contribution in [0.1, 0.15) is 37.0 Å². The summed E-state index contributed by atoms with van der Waals surface area (Å²) >= 11 is 0. The number of rotatable bonds is 9. The molecule has 0 heterocycles. The fourth-order valence-electron chi connectivity index (χ4n) is 2.23. The smallest absolute Gasteiger partial charge is 0.328 e. The van der Waals surface area contributed by atoms with Gasteiger partial charge in [-0.2, -0.15) is 0 Å². The van der Waals surface area contributed by atoms with Crippen molar-refractivity contribution in [1.82, 2.24) is 10.6 Å². The largest absolute Gasteiger partial charge is 0.497 e. The van der Waals surface area contributed by atoms with Crippen molar-refractivity contribution in [2.45, 2.75) is 32.7 Å². The van der Waals surface area contributed by atoms with E-state index in [1.54, 1.807) is 31.4 Å². The molecule has 0 spiro atoms. The van der Waals surface area contributed by atoms with Gasteiger partial charge in [0.05, 0.1) is 14.2 Å². The second-order valence-corrected chi connectivity index (χ2v) is 6.01. The predicted octanol–water partition coefficient (Wildman–Crippen LogP) is 1.52. The van der Waals surface area contributed by atoms with Crippen LogP contribution >= 0.6 is 0 Å². The highest BCUT2D eigenvalue weighted by Crippen LogP contribution is 2.11. The van der Waals surface area contributed by atoms with Crippen molar-refractivity contribution in [1.29, 1.82) is 0 Å². The number of hydrogen-bond acceptors (Lipinski definition) is 5. The fourth-order valence-corrected chi connectivity index (χ4v) is 2.23. The van der Waals surface area contributed by atoms with Crippen molar-refractivity contribution in [3.63, 3.8) is 0 Å². The molecule has 7 heteroatoms. The maximum atomic E-state index is 12.0. The molecule has 1 atom stereocenters.